The number of aryl methyl sites for hydroxylation is 1. The van der Waals surface area contributed by atoms with Crippen molar-refractivity contribution in [2.24, 2.45) is 0 Å². The summed E-state index contributed by atoms with van der Waals surface area (Å²) in [6.45, 7) is 0.471. The topological polar surface area (TPSA) is 116 Å². The maximum Gasteiger partial charge on any atom is 0.436 e. The van der Waals surface area contributed by atoms with Crippen LogP contribution in [0.5, 0.6) is 0 Å². The van der Waals surface area contributed by atoms with Crippen LogP contribution in [-0.4, -0.2) is 50.2 Å². The van der Waals surface area contributed by atoms with Crippen molar-refractivity contribution in [1.82, 2.24) is 9.97 Å². The molecule has 4 N–H and O–H groups in total. The van der Waals surface area contributed by atoms with Crippen molar-refractivity contribution in [1.29, 1.82) is 0 Å². The molecule has 11 heteroatoms. The van der Waals surface area contributed by atoms with E-state index in [1.54, 1.807) is 0 Å². The summed E-state index contributed by atoms with van der Waals surface area (Å²) in [6, 6.07) is 1.06. The third-order valence-electron chi connectivity index (χ3n) is 4.33. The number of aromatic nitrogens is 2. The van der Waals surface area contributed by atoms with Gasteiger partial charge < -0.3 is 25.0 Å². The van der Waals surface area contributed by atoms with E-state index in [4.69, 9.17) is 9.84 Å². The number of aliphatic hydroxyl groups is 3. The van der Waals surface area contributed by atoms with Gasteiger partial charge in [-0.3, -0.25) is 4.79 Å². The zero-order chi connectivity index (χ0) is 19.4. The highest BCUT2D eigenvalue weighted by atomic mass is 19.4. The van der Waals surface area contributed by atoms with Gasteiger partial charge in [0.1, 0.15) is 30.1 Å². The molecular weight excluding hydrogens is 364 g/mol. The van der Waals surface area contributed by atoms with Crippen molar-refractivity contribution in [2.45, 2.75) is 37.5 Å². The summed E-state index contributed by atoms with van der Waals surface area (Å²) >= 11 is 0. The predicted molar refractivity (Wildman–Crippen MR) is 78.8 cm³/mol. The number of ether oxygens (including phenoxy) is 1. The third-order valence-corrected chi connectivity index (χ3v) is 4.33. The van der Waals surface area contributed by atoms with E-state index < -0.39 is 65.5 Å². The van der Waals surface area contributed by atoms with Gasteiger partial charge in [0.15, 0.2) is 11.5 Å². The first-order valence-electron chi connectivity index (χ1n) is 7.49. The van der Waals surface area contributed by atoms with Crippen LogP contribution in [-0.2, 0) is 10.9 Å². The molecule has 2 unspecified atom stereocenters. The summed E-state index contributed by atoms with van der Waals surface area (Å²) in [5.41, 5.74) is -3.77. The van der Waals surface area contributed by atoms with E-state index >= 15 is 0 Å². The Morgan fingerprint density at radius 3 is 2.50 bits per heavy atom. The molecule has 2 aromatic heterocycles. The minimum Gasteiger partial charge on any atom is -0.394 e. The van der Waals surface area contributed by atoms with Gasteiger partial charge in [-0.1, -0.05) is 0 Å². The van der Waals surface area contributed by atoms with Crippen LogP contribution in [0.4, 0.5) is 17.6 Å². The van der Waals surface area contributed by atoms with E-state index in [9.17, 15) is 32.6 Å². The smallest absolute Gasteiger partial charge is 0.394 e. The molecule has 3 rings (SSSR count). The number of hydrogen-bond donors (Lipinski definition) is 4. The number of aliphatic hydroxyl groups excluding tert-OH is 3. The van der Waals surface area contributed by atoms with Crippen molar-refractivity contribution in [3.8, 4) is 0 Å². The zero-order valence-corrected chi connectivity index (χ0v) is 13.2. The number of fused-ring (bicyclic) bond motifs is 1. The molecule has 0 aliphatic carbocycles. The molecule has 0 amide bonds. The van der Waals surface area contributed by atoms with Crippen LogP contribution >= 0.6 is 0 Å². The van der Waals surface area contributed by atoms with E-state index in [1.165, 1.54) is 0 Å². The van der Waals surface area contributed by atoms with E-state index in [2.05, 4.69) is 9.97 Å². The summed E-state index contributed by atoms with van der Waals surface area (Å²) in [7, 11) is 0. The van der Waals surface area contributed by atoms with E-state index in [1.807, 2.05) is 0 Å². The molecule has 0 aromatic carbocycles. The van der Waals surface area contributed by atoms with Gasteiger partial charge in [0.25, 0.3) is 5.56 Å². The standard InChI is InChI=1S/C15H14F4N2O5/c1-4-5-2-6(11-10(24)9(23)7(3-22)26-11)14(25)21-13(5)20-12(8(4)16)15(17,18)19/h2,7,9-11,22-24H,3H2,1H3,(H,20,21,25)/t7-,9?,10?,11+/m1/s1. The molecule has 1 aliphatic heterocycles. The number of aromatic amines is 1. The monoisotopic (exact) mass is 378 g/mol. The minimum absolute atomic E-state index is 0.108. The molecule has 1 saturated heterocycles. The second kappa shape index (κ2) is 6.27. The highest BCUT2D eigenvalue weighted by Crippen LogP contribution is 2.35. The van der Waals surface area contributed by atoms with E-state index in [-0.39, 0.29) is 10.9 Å². The molecule has 1 fully saturated rings. The Morgan fingerprint density at radius 1 is 1.31 bits per heavy atom. The molecule has 26 heavy (non-hydrogen) atoms. The largest absolute Gasteiger partial charge is 0.436 e. The fourth-order valence-corrected chi connectivity index (χ4v) is 2.92. The van der Waals surface area contributed by atoms with Gasteiger partial charge >= 0.3 is 6.18 Å². The zero-order valence-electron chi connectivity index (χ0n) is 13.2. The van der Waals surface area contributed by atoms with Gasteiger partial charge in [0, 0.05) is 10.9 Å². The Bertz CT molecular complexity index is 914. The van der Waals surface area contributed by atoms with Gasteiger partial charge in [0.05, 0.1) is 6.61 Å². The minimum atomic E-state index is -5.04. The van der Waals surface area contributed by atoms with Crippen LogP contribution in [0.1, 0.15) is 22.9 Å². The molecule has 0 radical (unpaired) electrons. The summed E-state index contributed by atoms with van der Waals surface area (Å²) in [5, 5.41) is 28.8. The Hall–Kier alpha value is -2.08. The number of hydrogen-bond acceptors (Lipinski definition) is 6. The van der Waals surface area contributed by atoms with E-state index in [0.29, 0.717) is 0 Å². The van der Waals surface area contributed by atoms with Crippen LogP contribution in [0, 0.1) is 12.7 Å². The summed E-state index contributed by atoms with van der Waals surface area (Å²) < 4.78 is 57.9. The Labute approximate surface area is 142 Å². The second-order valence-corrected chi connectivity index (χ2v) is 5.97. The SMILES string of the molecule is Cc1c(F)c(C(F)(F)F)nc2[nH]c(=O)c([C@@H]3O[C@H](CO)C(O)C3O)cc12. The number of H-pyrrole nitrogens is 1. The lowest BCUT2D eigenvalue weighted by Gasteiger charge is -2.16. The molecular formula is C15H14F4N2O5. The van der Waals surface area contributed by atoms with Crippen LogP contribution in [0.3, 0.4) is 0 Å². The fourth-order valence-electron chi connectivity index (χ4n) is 2.92. The lowest BCUT2D eigenvalue weighted by molar-refractivity contribution is -0.143. The number of nitrogens with one attached hydrogen (secondary N) is 1. The van der Waals surface area contributed by atoms with Gasteiger partial charge in [-0.15, -0.1) is 0 Å². The van der Waals surface area contributed by atoms with Gasteiger partial charge in [0.2, 0.25) is 0 Å². The van der Waals surface area contributed by atoms with Crippen LogP contribution in [0.2, 0.25) is 0 Å². The maximum atomic E-state index is 14.1. The normalized spacial score (nSPS) is 26.6. The third kappa shape index (κ3) is 2.86. The molecule has 7 nitrogen and oxygen atoms in total. The Kier molecular flexibility index (Phi) is 4.51. The maximum absolute atomic E-state index is 14.1. The van der Waals surface area contributed by atoms with Crippen molar-refractivity contribution in [2.75, 3.05) is 6.61 Å². The Morgan fingerprint density at radius 2 is 1.96 bits per heavy atom. The van der Waals surface area contributed by atoms with Gasteiger partial charge in [-0.25, -0.2) is 9.37 Å². The lowest BCUT2D eigenvalue weighted by Crippen LogP contribution is -2.33. The molecule has 0 saturated carbocycles. The number of pyridine rings is 2. The highest BCUT2D eigenvalue weighted by Gasteiger charge is 2.44. The first-order valence-corrected chi connectivity index (χ1v) is 7.49. The van der Waals surface area contributed by atoms with Gasteiger partial charge in [-0.05, 0) is 18.6 Å². The van der Waals surface area contributed by atoms with Crippen molar-refractivity contribution in [3.05, 3.63) is 39.1 Å². The number of nitrogens with zero attached hydrogens (tertiary/aromatic N) is 1. The molecule has 0 spiro atoms. The quantitative estimate of drug-likeness (QED) is 0.567. The molecule has 0 bridgehead atoms. The van der Waals surface area contributed by atoms with Crippen LogP contribution in [0.15, 0.2) is 10.9 Å². The molecule has 3 heterocycles. The Balaban J connectivity index is 2.18. The molecule has 2 aromatic rings. The first kappa shape index (κ1) is 18.7. The van der Waals surface area contributed by atoms with Crippen molar-refractivity contribution < 1.29 is 37.6 Å². The lowest BCUT2D eigenvalue weighted by atomic mass is 10.0. The molecule has 4 atom stereocenters. The van der Waals surface area contributed by atoms with Gasteiger partial charge in [-0.2, -0.15) is 13.2 Å². The molecule has 142 valence electrons. The van der Waals surface area contributed by atoms with E-state index in [0.717, 1.165) is 13.0 Å². The number of rotatable bonds is 2. The van der Waals surface area contributed by atoms with Crippen molar-refractivity contribution in [3.63, 3.8) is 0 Å². The average Bonchev–Trinajstić information content (AvgIpc) is 2.84. The van der Waals surface area contributed by atoms with Crippen LogP contribution < -0.4 is 5.56 Å². The number of alkyl halides is 3. The summed E-state index contributed by atoms with van der Waals surface area (Å²) in [5.74, 6) is -1.58. The van der Waals surface area contributed by atoms with Crippen LogP contribution in [0.25, 0.3) is 11.0 Å². The predicted octanol–water partition coefficient (Wildman–Crippen LogP) is 0.543. The average molecular weight is 378 g/mol. The summed E-state index contributed by atoms with van der Waals surface area (Å²) in [6.07, 6.45) is -10.6. The fraction of sp³-hybridized carbons (Fsp3) is 0.467. The summed E-state index contributed by atoms with van der Waals surface area (Å²) in [4.78, 5) is 17.5. The molecule has 1 aliphatic rings. The van der Waals surface area contributed by atoms with Crippen molar-refractivity contribution >= 4 is 11.0 Å². The number of halogens is 4. The highest BCUT2D eigenvalue weighted by molar-refractivity contribution is 5.79. The second-order valence-electron chi connectivity index (χ2n) is 5.97. The first-order chi connectivity index (χ1) is 12.1.